The van der Waals surface area contributed by atoms with Gasteiger partial charge < -0.3 is 10.6 Å². The maximum absolute atomic E-state index is 12.8. The van der Waals surface area contributed by atoms with Crippen molar-refractivity contribution in [2.75, 3.05) is 5.32 Å². The van der Waals surface area contributed by atoms with Gasteiger partial charge in [-0.05, 0) is 48.9 Å². The van der Waals surface area contributed by atoms with Gasteiger partial charge in [-0.3, -0.25) is 14.6 Å². The van der Waals surface area contributed by atoms with Gasteiger partial charge in [-0.2, -0.15) is 0 Å². The number of nitrogens with zero attached hydrogens (tertiary/aromatic N) is 1. The molecule has 1 aliphatic carbocycles. The van der Waals surface area contributed by atoms with Gasteiger partial charge >= 0.3 is 0 Å². The summed E-state index contributed by atoms with van der Waals surface area (Å²) >= 11 is 0. The van der Waals surface area contributed by atoms with Crippen LogP contribution in [0.4, 0.5) is 5.69 Å². The van der Waals surface area contributed by atoms with Crippen molar-refractivity contribution in [2.24, 2.45) is 0 Å². The molecule has 5 heteroatoms. The standard InChI is InChI=1S/C23H29N3O2/c1-15(2)19-11-7-8-16(3)21(19)26-23(28)20-14-17(12-13-24-20)22(27)25-18-9-5-4-6-10-18/h7-8,11-15,18H,4-6,9-10H2,1-3H3,(H,25,27)(H,26,28). The number of benzene rings is 1. The van der Waals surface area contributed by atoms with E-state index in [0.29, 0.717) is 5.56 Å². The fourth-order valence-corrected chi connectivity index (χ4v) is 3.73. The fraction of sp³-hybridized carbons (Fsp3) is 0.435. The topological polar surface area (TPSA) is 71.1 Å². The Balaban J connectivity index is 1.75. The first-order chi connectivity index (χ1) is 13.5. The van der Waals surface area contributed by atoms with Crippen LogP contribution in [0.15, 0.2) is 36.5 Å². The summed E-state index contributed by atoms with van der Waals surface area (Å²) in [4.78, 5) is 29.6. The summed E-state index contributed by atoms with van der Waals surface area (Å²) in [5.41, 5.74) is 3.63. The van der Waals surface area contributed by atoms with Crippen molar-refractivity contribution >= 4 is 17.5 Å². The Morgan fingerprint density at radius 1 is 1.07 bits per heavy atom. The number of rotatable bonds is 5. The first-order valence-corrected chi connectivity index (χ1v) is 10.1. The van der Waals surface area contributed by atoms with Crippen LogP contribution in [-0.4, -0.2) is 22.8 Å². The van der Waals surface area contributed by atoms with Crippen LogP contribution in [0.2, 0.25) is 0 Å². The van der Waals surface area contributed by atoms with Crippen LogP contribution in [0.5, 0.6) is 0 Å². The lowest BCUT2D eigenvalue weighted by Gasteiger charge is -2.22. The number of amides is 2. The number of aromatic nitrogens is 1. The Labute approximate surface area is 167 Å². The van der Waals surface area contributed by atoms with Gasteiger partial charge in [0.15, 0.2) is 0 Å². The number of nitrogens with one attached hydrogen (secondary N) is 2. The van der Waals surface area contributed by atoms with Gasteiger partial charge in [0.05, 0.1) is 0 Å². The Morgan fingerprint density at radius 2 is 1.82 bits per heavy atom. The minimum absolute atomic E-state index is 0.137. The minimum Gasteiger partial charge on any atom is -0.349 e. The predicted octanol–water partition coefficient (Wildman–Crippen LogP) is 4.83. The van der Waals surface area contributed by atoms with E-state index >= 15 is 0 Å². The van der Waals surface area contributed by atoms with E-state index in [9.17, 15) is 9.59 Å². The molecule has 28 heavy (non-hydrogen) atoms. The molecule has 0 unspecified atom stereocenters. The minimum atomic E-state index is -0.302. The van der Waals surface area contributed by atoms with Gasteiger partial charge in [0, 0.05) is 23.5 Å². The SMILES string of the molecule is Cc1cccc(C(C)C)c1NC(=O)c1cc(C(=O)NC2CCCCC2)ccn1. The van der Waals surface area contributed by atoms with Gasteiger partial charge in [-0.1, -0.05) is 51.3 Å². The maximum Gasteiger partial charge on any atom is 0.274 e. The van der Waals surface area contributed by atoms with Crippen LogP contribution in [0, 0.1) is 6.92 Å². The van der Waals surface area contributed by atoms with Crippen molar-refractivity contribution in [3.05, 3.63) is 58.9 Å². The Hall–Kier alpha value is -2.69. The monoisotopic (exact) mass is 379 g/mol. The number of para-hydroxylation sites is 1. The van der Waals surface area contributed by atoms with Gasteiger partial charge in [0.25, 0.3) is 11.8 Å². The third-order valence-electron chi connectivity index (χ3n) is 5.36. The van der Waals surface area contributed by atoms with Crippen LogP contribution < -0.4 is 10.6 Å². The maximum atomic E-state index is 12.8. The van der Waals surface area contributed by atoms with Crippen LogP contribution in [0.25, 0.3) is 0 Å². The van der Waals surface area contributed by atoms with Crippen LogP contribution in [0.3, 0.4) is 0 Å². The zero-order valence-electron chi connectivity index (χ0n) is 16.9. The summed E-state index contributed by atoms with van der Waals surface area (Å²) in [5, 5.41) is 6.08. The van der Waals surface area contributed by atoms with E-state index in [1.54, 1.807) is 12.1 Å². The van der Waals surface area contributed by atoms with E-state index in [0.717, 1.165) is 42.5 Å². The van der Waals surface area contributed by atoms with Crippen LogP contribution in [-0.2, 0) is 0 Å². The molecule has 1 saturated carbocycles. The van der Waals surface area contributed by atoms with E-state index < -0.39 is 0 Å². The summed E-state index contributed by atoms with van der Waals surface area (Å²) in [5.74, 6) is -0.151. The summed E-state index contributed by atoms with van der Waals surface area (Å²) < 4.78 is 0. The van der Waals surface area contributed by atoms with E-state index in [2.05, 4.69) is 29.5 Å². The molecule has 0 spiro atoms. The zero-order valence-corrected chi connectivity index (χ0v) is 16.9. The molecule has 0 aliphatic heterocycles. The Morgan fingerprint density at radius 3 is 2.54 bits per heavy atom. The molecule has 2 amide bonds. The average molecular weight is 380 g/mol. The second-order valence-electron chi connectivity index (χ2n) is 7.89. The molecular formula is C23H29N3O2. The van der Waals surface area contributed by atoms with Crippen LogP contribution >= 0.6 is 0 Å². The Kier molecular flexibility index (Phi) is 6.45. The molecule has 148 valence electrons. The van der Waals surface area contributed by atoms with Gasteiger partial charge in [0.1, 0.15) is 5.69 Å². The van der Waals surface area contributed by atoms with Crippen molar-refractivity contribution in [3.63, 3.8) is 0 Å². The van der Waals surface area contributed by atoms with Gasteiger partial charge in [-0.15, -0.1) is 0 Å². The molecule has 1 heterocycles. The average Bonchev–Trinajstić information content (AvgIpc) is 2.70. The van der Waals surface area contributed by atoms with Gasteiger partial charge in [0.2, 0.25) is 0 Å². The Bertz CT molecular complexity index is 855. The highest BCUT2D eigenvalue weighted by atomic mass is 16.2. The smallest absolute Gasteiger partial charge is 0.274 e. The molecule has 1 aromatic heterocycles. The fourth-order valence-electron chi connectivity index (χ4n) is 3.73. The highest BCUT2D eigenvalue weighted by molar-refractivity contribution is 6.05. The number of carbonyl (C=O) groups is 2. The predicted molar refractivity (Wildman–Crippen MR) is 112 cm³/mol. The number of hydrogen-bond donors (Lipinski definition) is 2. The van der Waals surface area contributed by atoms with Gasteiger partial charge in [-0.25, -0.2) is 0 Å². The van der Waals surface area contributed by atoms with Crippen molar-refractivity contribution in [3.8, 4) is 0 Å². The van der Waals surface area contributed by atoms with Crippen molar-refractivity contribution in [1.29, 1.82) is 0 Å². The normalized spacial score (nSPS) is 14.7. The lowest BCUT2D eigenvalue weighted by atomic mass is 9.95. The summed E-state index contributed by atoms with van der Waals surface area (Å²) in [6.45, 7) is 6.17. The number of pyridine rings is 1. The second-order valence-corrected chi connectivity index (χ2v) is 7.89. The third kappa shape index (κ3) is 4.77. The van der Waals surface area contributed by atoms with E-state index in [4.69, 9.17) is 0 Å². The highest BCUT2D eigenvalue weighted by Gasteiger charge is 2.19. The molecule has 1 aromatic carbocycles. The number of carbonyl (C=O) groups excluding carboxylic acids is 2. The molecular weight excluding hydrogens is 350 g/mol. The zero-order chi connectivity index (χ0) is 20.1. The molecule has 0 saturated heterocycles. The number of anilines is 1. The molecule has 5 nitrogen and oxygen atoms in total. The molecule has 0 radical (unpaired) electrons. The summed E-state index contributed by atoms with van der Waals surface area (Å²) in [7, 11) is 0. The van der Waals surface area contributed by atoms with Crippen molar-refractivity contribution < 1.29 is 9.59 Å². The molecule has 0 atom stereocenters. The molecule has 1 aliphatic rings. The number of hydrogen-bond acceptors (Lipinski definition) is 3. The van der Waals surface area contributed by atoms with E-state index in [1.165, 1.54) is 12.6 Å². The molecule has 3 rings (SSSR count). The quantitative estimate of drug-likeness (QED) is 0.782. The summed E-state index contributed by atoms with van der Waals surface area (Å²) in [6.07, 6.45) is 7.12. The third-order valence-corrected chi connectivity index (χ3v) is 5.36. The molecule has 0 bridgehead atoms. The van der Waals surface area contributed by atoms with Crippen molar-refractivity contribution in [1.82, 2.24) is 10.3 Å². The highest BCUT2D eigenvalue weighted by Crippen LogP contribution is 2.27. The molecule has 1 fully saturated rings. The van der Waals surface area contributed by atoms with Crippen molar-refractivity contribution in [2.45, 2.75) is 64.8 Å². The van der Waals surface area contributed by atoms with E-state index in [1.807, 2.05) is 25.1 Å². The number of aryl methyl sites for hydroxylation is 1. The lowest BCUT2D eigenvalue weighted by molar-refractivity contribution is 0.0927. The second kappa shape index (κ2) is 9.00. The van der Waals surface area contributed by atoms with Crippen LogP contribution in [0.1, 0.15) is 83.8 Å². The lowest BCUT2D eigenvalue weighted by Crippen LogP contribution is -2.36. The van der Waals surface area contributed by atoms with E-state index in [-0.39, 0.29) is 29.5 Å². The molecule has 2 aromatic rings. The largest absolute Gasteiger partial charge is 0.349 e. The summed E-state index contributed by atoms with van der Waals surface area (Å²) in [6, 6.07) is 9.45. The molecule has 2 N–H and O–H groups in total. The first-order valence-electron chi connectivity index (χ1n) is 10.1. The first kappa shape index (κ1) is 20.1.